The smallest absolute Gasteiger partial charge is 0.283 e. The van der Waals surface area contributed by atoms with Crippen molar-refractivity contribution in [3.63, 3.8) is 0 Å². The fraction of sp³-hybridized carbons (Fsp3) is 0.238. The summed E-state index contributed by atoms with van der Waals surface area (Å²) in [6.45, 7) is 5.89. The van der Waals surface area contributed by atoms with Gasteiger partial charge >= 0.3 is 0 Å². The summed E-state index contributed by atoms with van der Waals surface area (Å²) in [7, 11) is 1.61. The highest BCUT2D eigenvalue weighted by molar-refractivity contribution is 8.26. The molecule has 0 atom stereocenters. The molecule has 0 bridgehead atoms. The number of halogens is 1. The number of nitrogens with zero attached hydrogens (tertiary/aromatic N) is 4. The average Bonchev–Trinajstić information content (AvgIpc) is 3.25. The summed E-state index contributed by atoms with van der Waals surface area (Å²) in [5, 5.41) is 16.2. The Kier molecular flexibility index (Phi) is 5.29. The Bertz CT molecular complexity index is 1180. The lowest BCUT2D eigenvalue weighted by Crippen LogP contribution is -2.35. The first-order valence-corrected chi connectivity index (χ1v) is 10.6. The Hall–Kier alpha value is -2.84. The Morgan fingerprint density at radius 1 is 1.30 bits per heavy atom. The molecule has 154 valence electrons. The van der Waals surface area contributed by atoms with Crippen molar-refractivity contribution in [2.45, 2.75) is 27.2 Å². The lowest BCUT2D eigenvalue weighted by molar-refractivity contribution is -0.114. The van der Waals surface area contributed by atoms with Crippen molar-refractivity contribution in [3.8, 4) is 11.4 Å². The molecular formula is C21H20ClN5O2S. The predicted molar refractivity (Wildman–Crippen MR) is 122 cm³/mol. The lowest BCUT2D eigenvalue weighted by Gasteiger charge is -2.20. The van der Waals surface area contributed by atoms with Crippen molar-refractivity contribution in [2.75, 3.05) is 7.11 Å². The van der Waals surface area contributed by atoms with Crippen LogP contribution in [0.3, 0.4) is 0 Å². The number of aliphatic imine (C=N–C) groups is 1. The summed E-state index contributed by atoms with van der Waals surface area (Å²) < 4.78 is 7.52. The van der Waals surface area contributed by atoms with Gasteiger partial charge in [-0.1, -0.05) is 18.5 Å². The third-order valence-corrected chi connectivity index (χ3v) is 6.24. The van der Waals surface area contributed by atoms with Crippen LogP contribution in [0.25, 0.3) is 11.8 Å². The van der Waals surface area contributed by atoms with Crippen molar-refractivity contribution in [1.82, 2.24) is 9.58 Å². The first-order valence-electron chi connectivity index (χ1n) is 9.36. The van der Waals surface area contributed by atoms with Crippen LogP contribution in [0.15, 0.2) is 39.9 Å². The van der Waals surface area contributed by atoms with E-state index in [2.05, 4.69) is 10.1 Å². The largest absolute Gasteiger partial charge is 0.495 e. The van der Waals surface area contributed by atoms with Crippen LogP contribution in [0.2, 0.25) is 5.02 Å². The van der Waals surface area contributed by atoms with Gasteiger partial charge in [0, 0.05) is 16.4 Å². The second kappa shape index (κ2) is 7.77. The molecule has 0 fully saturated rings. The number of benzene rings is 1. The van der Waals surface area contributed by atoms with Gasteiger partial charge in [-0.15, -0.1) is 0 Å². The van der Waals surface area contributed by atoms with Crippen molar-refractivity contribution < 1.29 is 9.53 Å². The molecule has 0 radical (unpaired) electrons. The zero-order valence-electron chi connectivity index (χ0n) is 17.0. The zero-order valence-corrected chi connectivity index (χ0v) is 18.6. The number of aromatic nitrogens is 1. The minimum Gasteiger partial charge on any atom is -0.495 e. The fourth-order valence-electron chi connectivity index (χ4n) is 3.47. The van der Waals surface area contributed by atoms with E-state index in [-0.39, 0.29) is 11.4 Å². The SMILES string of the molecule is CCC1=NN2C(=N)/C(=C\c3cc(C)n(-c4cc(Cl)ccc4OC)c3C)C(=O)N=C2S1. The number of thioether (sulfide) groups is 1. The van der Waals surface area contributed by atoms with Gasteiger partial charge in [0.05, 0.1) is 18.4 Å². The van der Waals surface area contributed by atoms with E-state index in [1.807, 2.05) is 43.5 Å². The van der Waals surface area contributed by atoms with Gasteiger partial charge < -0.3 is 9.30 Å². The quantitative estimate of drug-likeness (QED) is 0.691. The van der Waals surface area contributed by atoms with Crippen molar-refractivity contribution in [2.24, 2.45) is 10.1 Å². The number of hydrogen-bond donors (Lipinski definition) is 1. The summed E-state index contributed by atoms with van der Waals surface area (Å²) in [6, 6.07) is 7.39. The Morgan fingerprint density at radius 3 is 2.77 bits per heavy atom. The Balaban J connectivity index is 1.79. The summed E-state index contributed by atoms with van der Waals surface area (Å²) in [6.07, 6.45) is 2.42. The fourth-order valence-corrected chi connectivity index (χ4v) is 4.46. The van der Waals surface area contributed by atoms with Crippen LogP contribution in [0.1, 0.15) is 30.3 Å². The summed E-state index contributed by atoms with van der Waals surface area (Å²) in [5.41, 5.74) is 3.67. The lowest BCUT2D eigenvalue weighted by atomic mass is 10.1. The topological polar surface area (TPSA) is 83.0 Å². The summed E-state index contributed by atoms with van der Waals surface area (Å²) in [4.78, 5) is 16.8. The van der Waals surface area contributed by atoms with Crippen LogP contribution in [0.4, 0.5) is 0 Å². The van der Waals surface area contributed by atoms with Gasteiger partial charge in [-0.2, -0.15) is 15.1 Å². The molecule has 4 rings (SSSR count). The van der Waals surface area contributed by atoms with E-state index in [4.69, 9.17) is 21.7 Å². The third kappa shape index (κ3) is 3.36. The maximum Gasteiger partial charge on any atom is 0.283 e. The highest BCUT2D eigenvalue weighted by atomic mass is 35.5. The van der Waals surface area contributed by atoms with Crippen molar-refractivity contribution in [3.05, 3.63) is 51.8 Å². The van der Waals surface area contributed by atoms with Gasteiger partial charge in [-0.25, -0.2) is 0 Å². The second-order valence-corrected chi connectivity index (χ2v) is 8.32. The number of rotatable bonds is 4. The van der Waals surface area contributed by atoms with Gasteiger partial charge in [-0.3, -0.25) is 10.2 Å². The van der Waals surface area contributed by atoms with Gasteiger partial charge in [0.15, 0.2) is 5.84 Å². The number of ether oxygens (including phenoxy) is 1. The van der Waals surface area contributed by atoms with Gasteiger partial charge in [0.25, 0.3) is 5.91 Å². The molecule has 1 N–H and O–H groups in total. The molecule has 2 aliphatic heterocycles. The molecule has 1 aromatic heterocycles. The van der Waals surface area contributed by atoms with E-state index in [1.54, 1.807) is 19.3 Å². The number of fused-ring (bicyclic) bond motifs is 1. The van der Waals surface area contributed by atoms with E-state index >= 15 is 0 Å². The molecule has 9 heteroatoms. The van der Waals surface area contributed by atoms with Crippen molar-refractivity contribution in [1.29, 1.82) is 5.41 Å². The molecule has 0 unspecified atom stereocenters. The van der Waals surface area contributed by atoms with E-state index in [9.17, 15) is 4.79 Å². The summed E-state index contributed by atoms with van der Waals surface area (Å²) in [5.74, 6) is 0.286. The van der Waals surface area contributed by atoms with Crippen LogP contribution in [-0.4, -0.2) is 38.6 Å². The van der Waals surface area contributed by atoms with Gasteiger partial charge in [0.2, 0.25) is 5.17 Å². The number of aryl methyl sites for hydroxylation is 1. The number of amides is 1. The first kappa shape index (κ1) is 20.4. The third-order valence-electron chi connectivity index (χ3n) is 4.95. The number of nitrogens with one attached hydrogen (secondary N) is 1. The second-order valence-electron chi connectivity index (χ2n) is 6.85. The molecular weight excluding hydrogens is 422 g/mol. The Labute approximate surface area is 183 Å². The summed E-state index contributed by atoms with van der Waals surface area (Å²) >= 11 is 7.55. The molecule has 3 heterocycles. The number of amidine groups is 2. The van der Waals surface area contributed by atoms with Crippen LogP contribution >= 0.6 is 23.4 Å². The number of hydrogen-bond acceptors (Lipinski definition) is 5. The van der Waals surface area contributed by atoms with E-state index < -0.39 is 5.91 Å². The normalized spacial score (nSPS) is 17.4. The highest BCUT2D eigenvalue weighted by Crippen LogP contribution is 2.33. The molecule has 0 saturated heterocycles. The molecule has 0 aliphatic carbocycles. The molecule has 1 aromatic carbocycles. The Morgan fingerprint density at radius 2 is 2.07 bits per heavy atom. The zero-order chi connectivity index (χ0) is 21.6. The maximum atomic E-state index is 12.6. The first-order chi connectivity index (χ1) is 14.3. The molecule has 0 spiro atoms. The minimum absolute atomic E-state index is 0.0334. The van der Waals surface area contributed by atoms with Crippen LogP contribution in [0.5, 0.6) is 5.75 Å². The standard InChI is InChI=1S/C21H20ClN5O2S/c1-5-18-25-27-19(23)15(20(28)24-21(27)30-18)9-13-8-11(2)26(12(13)3)16-10-14(22)6-7-17(16)29-4/h6-10,23H,5H2,1-4H3/b15-9+,23-19?. The van der Waals surface area contributed by atoms with E-state index in [1.165, 1.54) is 16.8 Å². The van der Waals surface area contributed by atoms with Gasteiger partial charge in [0.1, 0.15) is 10.8 Å². The number of carbonyl (C=O) groups excluding carboxylic acids is 1. The molecule has 7 nitrogen and oxygen atoms in total. The molecule has 0 saturated carbocycles. The highest BCUT2D eigenvalue weighted by Gasteiger charge is 2.35. The predicted octanol–water partition coefficient (Wildman–Crippen LogP) is 4.79. The number of hydrazone groups is 1. The molecule has 2 aliphatic rings. The van der Waals surface area contributed by atoms with E-state index in [0.717, 1.165) is 34.1 Å². The van der Waals surface area contributed by atoms with Gasteiger partial charge in [-0.05, 0) is 67.9 Å². The maximum absolute atomic E-state index is 12.6. The number of methoxy groups -OCH3 is 1. The average molecular weight is 442 g/mol. The van der Waals surface area contributed by atoms with Crippen LogP contribution < -0.4 is 4.74 Å². The van der Waals surface area contributed by atoms with Crippen molar-refractivity contribution >= 4 is 51.4 Å². The van der Waals surface area contributed by atoms with Crippen LogP contribution in [-0.2, 0) is 4.79 Å². The molecule has 2 aromatic rings. The minimum atomic E-state index is -0.434. The number of carbonyl (C=O) groups is 1. The van der Waals surface area contributed by atoms with E-state index in [0.29, 0.717) is 15.9 Å². The molecule has 1 amide bonds. The van der Waals surface area contributed by atoms with Crippen LogP contribution in [0, 0.1) is 19.3 Å². The molecule has 30 heavy (non-hydrogen) atoms. The monoisotopic (exact) mass is 441 g/mol.